The number of amides is 3. The van der Waals surface area contributed by atoms with Gasteiger partial charge >= 0.3 is 18.2 Å². The number of carboxylic acid groups (broad SMARTS) is 1. The highest BCUT2D eigenvalue weighted by Gasteiger charge is 2.38. The molecule has 7 nitrogen and oxygen atoms in total. The summed E-state index contributed by atoms with van der Waals surface area (Å²) in [6.45, 7) is 1.38. The summed E-state index contributed by atoms with van der Waals surface area (Å²) in [6, 6.07) is 6.02. The van der Waals surface area contributed by atoms with E-state index in [1.165, 1.54) is 18.4 Å². The van der Waals surface area contributed by atoms with E-state index in [1.54, 1.807) is 9.80 Å². The second-order valence-corrected chi connectivity index (χ2v) is 8.04. The van der Waals surface area contributed by atoms with Gasteiger partial charge in [0.05, 0.1) is 0 Å². The number of benzene rings is 1. The van der Waals surface area contributed by atoms with Crippen LogP contribution in [-0.2, 0) is 4.79 Å². The zero-order chi connectivity index (χ0) is 24.1. The van der Waals surface area contributed by atoms with E-state index in [1.807, 2.05) is 26.2 Å². The summed E-state index contributed by atoms with van der Waals surface area (Å²) in [6.07, 6.45) is 2.81. The van der Waals surface area contributed by atoms with E-state index in [0.29, 0.717) is 18.7 Å². The molecule has 3 amide bonds. The molecule has 0 radical (unpaired) electrons. The lowest BCUT2D eigenvalue weighted by Gasteiger charge is -2.36. The number of hydrogen-bond acceptors (Lipinski definition) is 3. The Bertz CT molecular complexity index is 885. The first-order chi connectivity index (χ1) is 14.9. The molecule has 1 saturated heterocycles. The molecular formula is C22H28F3N3O4. The van der Waals surface area contributed by atoms with Gasteiger partial charge in [0.15, 0.2) is 0 Å². The van der Waals surface area contributed by atoms with Crippen LogP contribution in [0.5, 0.6) is 0 Å². The second-order valence-electron chi connectivity index (χ2n) is 8.04. The van der Waals surface area contributed by atoms with Gasteiger partial charge in [-0.1, -0.05) is 24.6 Å². The highest BCUT2D eigenvalue weighted by Crippen LogP contribution is 2.32. The number of nitrogens with zero attached hydrogens (tertiary/aromatic N) is 2. The third kappa shape index (κ3) is 6.48. The first kappa shape index (κ1) is 25.2. The summed E-state index contributed by atoms with van der Waals surface area (Å²) in [4.78, 5) is 36.3. The zero-order valence-corrected chi connectivity index (χ0v) is 18.1. The molecule has 1 aromatic rings. The number of rotatable bonds is 3. The topological polar surface area (TPSA) is 104 Å². The Morgan fingerprint density at radius 2 is 1.69 bits per heavy atom. The zero-order valence-electron chi connectivity index (χ0n) is 18.1. The van der Waals surface area contributed by atoms with E-state index in [0.717, 1.165) is 30.4 Å². The van der Waals surface area contributed by atoms with Gasteiger partial charge in [-0.05, 0) is 48.4 Å². The van der Waals surface area contributed by atoms with Crippen molar-refractivity contribution in [2.24, 2.45) is 5.73 Å². The number of carbonyl (C=O) groups excluding carboxylic acids is 2. The number of primary amides is 1. The Morgan fingerprint density at radius 3 is 2.22 bits per heavy atom. The summed E-state index contributed by atoms with van der Waals surface area (Å²) in [7, 11) is 3.66. The van der Waals surface area contributed by atoms with Gasteiger partial charge < -0.3 is 20.6 Å². The maximum absolute atomic E-state index is 12.0. The van der Waals surface area contributed by atoms with Crippen molar-refractivity contribution >= 4 is 23.5 Å². The van der Waals surface area contributed by atoms with Crippen LogP contribution in [-0.4, -0.2) is 66.2 Å². The lowest BCUT2D eigenvalue weighted by Crippen LogP contribution is -2.48. The second kappa shape index (κ2) is 10.5. The third-order valence-corrected chi connectivity index (χ3v) is 5.55. The maximum atomic E-state index is 12.0. The van der Waals surface area contributed by atoms with Crippen molar-refractivity contribution in [1.29, 1.82) is 0 Å². The van der Waals surface area contributed by atoms with Crippen LogP contribution in [0.2, 0.25) is 0 Å². The Balaban J connectivity index is 0.000000451. The van der Waals surface area contributed by atoms with Gasteiger partial charge in [-0.25, -0.2) is 9.59 Å². The molecule has 0 unspecified atom stereocenters. The summed E-state index contributed by atoms with van der Waals surface area (Å²) >= 11 is 0. The predicted molar refractivity (Wildman–Crippen MR) is 113 cm³/mol. The number of halogens is 3. The van der Waals surface area contributed by atoms with E-state index in [-0.39, 0.29) is 17.9 Å². The van der Waals surface area contributed by atoms with Crippen LogP contribution < -0.4 is 5.73 Å². The molecule has 32 heavy (non-hydrogen) atoms. The molecule has 0 atom stereocenters. The third-order valence-electron chi connectivity index (χ3n) is 5.55. The molecule has 3 rings (SSSR count). The number of alkyl halides is 3. The van der Waals surface area contributed by atoms with Crippen LogP contribution >= 0.6 is 0 Å². The van der Waals surface area contributed by atoms with Crippen molar-refractivity contribution in [3.05, 3.63) is 41.0 Å². The number of aliphatic carboxylic acids is 1. The summed E-state index contributed by atoms with van der Waals surface area (Å²) in [5, 5.41) is 7.12. The van der Waals surface area contributed by atoms with Gasteiger partial charge in [0.1, 0.15) is 0 Å². The largest absolute Gasteiger partial charge is 0.490 e. The van der Waals surface area contributed by atoms with Crippen molar-refractivity contribution in [3.63, 3.8) is 0 Å². The maximum Gasteiger partial charge on any atom is 0.490 e. The molecule has 10 heteroatoms. The van der Waals surface area contributed by atoms with Gasteiger partial charge in [-0.3, -0.25) is 4.79 Å². The molecule has 0 bridgehead atoms. The van der Waals surface area contributed by atoms with E-state index in [4.69, 9.17) is 15.6 Å². The lowest BCUT2D eigenvalue weighted by molar-refractivity contribution is -0.192. The van der Waals surface area contributed by atoms with Crippen LogP contribution in [0.1, 0.15) is 59.5 Å². The fraction of sp³-hybridized carbons (Fsp3) is 0.500. The summed E-state index contributed by atoms with van der Waals surface area (Å²) < 4.78 is 31.7. The van der Waals surface area contributed by atoms with E-state index < -0.39 is 12.1 Å². The molecule has 1 fully saturated rings. The number of nitrogens with two attached hydrogens (primary N) is 1. The number of hydrogen-bond donors (Lipinski definition) is 2. The average molecular weight is 455 g/mol. The van der Waals surface area contributed by atoms with Crippen LogP contribution in [0.25, 0.3) is 5.57 Å². The van der Waals surface area contributed by atoms with Gasteiger partial charge in [0.2, 0.25) is 5.91 Å². The standard InChI is InChI=1S/C20H27N3O2.C2HF3O2/c1-22-12-16(13-23(2)20(22)25)15-9-10-17(19(21)24)18(11-15)14-7-5-3-4-6-8-14;3-2(4,5)1(6)7/h7,9-11,16H,3-6,8,12-13H2,1-2H3,(H2,21,24);(H,6,7). The normalized spacial score (nSPS) is 17.8. The van der Waals surface area contributed by atoms with Crippen molar-refractivity contribution < 1.29 is 32.7 Å². The lowest BCUT2D eigenvalue weighted by atomic mass is 9.89. The Kier molecular flexibility index (Phi) is 8.29. The van der Waals surface area contributed by atoms with Crippen LogP contribution in [0.3, 0.4) is 0 Å². The van der Waals surface area contributed by atoms with Gasteiger partial charge in [-0.2, -0.15) is 13.2 Å². The molecule has 0 spiro atoms. The molecule has 2 aliphatic rings. The molecule has 0 aromatic heterocycles. The van der Waals surface area contributed by atoms with Crippen LogP contribution in [0.4, 0.5) is 18.0 Å². The van der Waals surface area contributed by atoms with E-state index in [9.17, 15) is 22.8 Å². The highest BCUT2D eigenvalue weighted by atomic mass is 19.4. The highest BCUT2D eigenvalue weighted by molar-refractivity contribution is 5.98. The molecular weight excluding hydrogens is 427 g/mol. The van der Waals surface area contributed by atoms with E-state index >= 15 is 0 Å². The Labute approximate surface area is 184 Å². The van der Waals surface area contributed by atoms with Crippen molar-refractivity contribution in [2.75, 3.05) is 27.2 Å². The van der Waals surface area contributed by atoms with Crippen LogP contribution in [0, 0.1) is 0 Å². The summed E-state index contributed by atoms with van der Waals surface area (Å²) in [5.74, 6) is -2.90. The first-order valence-corrected chi connectivity index (χ1v) is 10.3. The predicted octanol–water partition coefficient (Wildman–Crippen LogP) is 3.85. The first-order valence-electron chi connectivity index (χ1n) is 10.3. The molecule has 1 heterocycles. The minimum absolute atomic E-state index is 0.0525. The number of urea groups is 1. The Hall–Kier alpha value is -3.04. The van der Waals surface area contributed by atoms with Crippen molar-refractivity contribution in [1.82, 2.24) is 9.80 Å². The number of allylic oxidation sites excluding steroid dienone is 2. The van der Waals surface area contributed by atoms with Gasteiger partial charge in [0.25, 0.3) is 0 Å². The molecule has 1 aliphatic carbocycles. The SMILES string of the molecule is CN1CC(c2ccc(C(N)=O)c(C3=CCCCCC3)c2)CN(C)C1=O.O=C(O)C(F)(F)F. The van der Waals surface area contributed by atoms with Gasteiger partial charge in [-0.15, -0.1) is 0 Å². The molecule has 0 saturated carbocycles. The molecule has 1 aromatic carbocycles. The minimum atomic E-state index is -5.08. The fourth-order valence-electron chi connectivity index (χ4n) is 3.93. The average Bonchev–Trinajstić information content (AvgIpc) is 3.00. The quantitative estimate of drug-likeness (QED) is 0.723. The van der Waals surface area contributed by atoms with Crippen molar-refractivity contribution in [3.8, 4) is 0 Å². The van der Waals surface area contributed by atoms with E-state index in [2.05, 4.69) is 12.1 Å². The smallest absolute Gasteiger partial charge is 0.475 e. The molecule has 1 aliphatic heterocycles. The fourth-order valence-corrected chi connectivity index (χ4v) is 3.93. The number of carboxylic acids is 1. The monoisotopic (exact) mass is 455 g/mol. The minimum Gasteiger partial charge on any atom is -0.475 e. The van der Waals surface area contributed by atoms with Gasteiger partial charge in [0, 0.05) is 38.7 Å². The van der Waals surface area contributed by atoms with Crippen LogP contribution in [0.15, 0.2) is 24.3 Å². The summed E-state index contributed by atoms with van der Waals surface area (Å²) in [5.41, 5.74) is 9.61. The molecule has 3 N–H and O–H groups in total. The number of likely N-dealkylation sites (N-methyl/N-ethyl adjacent to an activating group) is 2. The van der Waals surface area contributed by atoms with Crippen molar-refractivity contribution in [2.45, 2.75) is 44.2 Å². The number of carbonyl (C=O) groups is 3. The Morgan fingerprint density at radius 1 is 1.09 bits per heavy atom. The molecule has 176 valence electrons.